The van der Waals surface area contributed by atoms with Crippen molar-refractivity contribution >= 4 is 0 Å². The highest BCUT2D eigenvalue weighted by Gasteiger charge is 2.21. The maximum Gasteiger partial charge on any atom is 0.128 e. The van der Waals surface area contributed by atoms with Crippen LogP contribution in [0.2, 0.25) is 0 Å². The van der Waals surface area contributed by atoms with Gasteiger partial charge in [-0.1, -0.05) is 18.9 Å². The Bertz CT molecular complexity index is 427. The van der Waals surface area contributed by atoms with Gasteiger partial charge in [0.05, 0.1) is 6.61 Å². The van der Waals surface area contributed by atoms with Gasteiger partial charge in [0.1, 0.15) is 5.82 Å². The highest BCUT2D eigenvalue weighted by molar-refractivity contribution is 5.24. The van der Waals surface area contributed by atoms with E-state index in [1.165, 1.54) is 25.7 Å². The van der Waals surface area contributed by atoms with E-state index >= 15 is 0 Å². The van der Waals surface area contributed by atoms with Gasteiger partial charge in [-0.25, -0.2) is 4.39 Å². The first-order valence-corrected chi connectivity index (χ1v) is 7.39. The Hall–Kier alpha value is -0.930. The van der Waals surface area contributed by atoms with Crippen LogP contribution in [0.25, 0.3) is 0 Å². The summed E-state index contributed by atoms with van der Waals surface area (Å²) in [5.74, 6) is 0.723. The molecule has 104 valence electrons. The zero-order chi connectivity index (χ0) is 13.1. The Morgan fingerprint density at radius 3 is 2.79 bits per heavy atom. The molecule has 0 radical (unpaired) electrons. The SMILES string of the molecule is Fc1ccc(CNC2CC2)cc1COCCC1CC1. The quantitative estimate of drug-likeness (QED) is 0.726. The minimum atomic E-state index is -0.151. The Balaban J connectivity index is 1.47. The molecule has 3 heteroatoms. The molecule has 3 rings (SSSR count). The lowest BCUT2D eigenvalue weighted by molar-refractivity contribution is 0.113. The fraction of sp³-hybridized carbons (Fsp3) is 0.625. The summed E-state index contributed by atoms with van der Waals surface area (Å²) < 4.78 is 19.3. The largest absolute Gasteiger partial charge is 0.377 e. The van der Waals surface area contributed by atoms with Gasteiger partial charge in [-0.2, -0.15) is 0 Å². The Kier molecular flexibility index (Phi) is 4.14. The first kappa shape index (κ1) is 13.1. The van der Waals surface area contributed by atoms with Crippen LogP contribution < -0.4 is 5.32 Å². The molecule has 0 unspecified atom stereocenters. The van der Waals surface area contributed by atoms with Crippen LogP contribution in [0.1, 0.15) is 43.2 Å². The topological polar surface area (TPSA) is 21.3 Å². The number of hydrogen-bond acceptors (Lipinski definition) is 2. The van der Waals surface area contributed by atoms with Crippen molar-refractivity contribution in [3.8, 4) is 0 Å². The summed E-state index contributed by atoms with van der Waals surface area (Å²) in [6.45, 7) is 1.99. The maximum atomic E-state index is 13.7. The number of rotatable bonds is 8. The van der Waals surface area contributed by atoms with Crippen molar-refractivity contribution in [2.75, 3.05) is 6.61 Å². The van der Waals surface area contributed by atoms with Crippen LogP contribution in [0.4, 0.5) is 4.39 Å². The number of halogens is 1. The zero-order valence-corrected chi connectivity index (χ0v) is 11.3. The first-order valence-electron chi connectivity index (χ1n) is 7.39. The van der Waals surface area contributed by atoms with Gasteiger partial charge in [-0.05, 0) is 42.9 Å². The van der Waals surface area contributed by atoms with E-state index in [1.807, 2.05) is 12.1 Å². The van der Waals surface area contributed by atoms with Crippen LogP contribution in [0, 0.1) is 11.7 Å². The van der Waals surface area contributed by atoms with Crippen LogP contribution in [0.5, 0.6) is 0 Å². The number of ether oxygens (including phenoxy) is 1. The molecule has 2 saturated carbocycles. The molecule has 1 N–H and O–H groups in total. The van der Waals surface area contributed by atoms with Gasteiger partial charge in [-0.3, -0.25) is 0 Å². The molecule has 0 bridgehead atoms. The maximum absolute atomic E-state index is 13.7. The predicted octanol–water partition coefficient (Wildman–Crippen LogP) is 3.39. The minimum Gasteiger partial charge on any atom is -0.377 e. The smallest absolute Gasteiger partial charge is 0.128 e. The van der Waals surface area contributed by atoms with Crippen LogP contribution in [-0.4, -0.2) is 12.6 Å². The average Bonchev–Trinajstić information content (AvgIpc) is 3.28. The fourth-order valence-electron chi connectivity index (χ4n) is 2.24. The Morgan fingerprint density at radius 1 is 1.21 bits per heavy atom. The molecule has 0 heterocycles. The number of nitrogens with one attached hydrogen (secondary N) is 1. The highest BCUT2D eigenvalue weighted by Crippen LogP contribution is 2.32. The molecule has 0 spiro atoms. The molecule has 1 aromatic carbocycles. The highest BCUT2D eigenvalue weighted by atomic mass is 19.1. The Labute approximate surface area is 114 Å². The van der Waals surface area contributed by atoms with Crippen LogP contribution in [-0.2, 0) is 17.9 Å². The van der Waals surface area contributed by atoms with Crippen molar-refractivity contribution < 1.29 is 9.13 Å². The monoisotopic (exact) mass is 263 g/mol. The van der Waals surface area contributed by atoms with Crippen molar-refractivity contribution in [3.63, 3.8) is 0 Å². The summed E-state index contributed by atoms with van der Waals surface area (Å²) in [6, 6.07) is 6.03. The normalized spacial score (nSPS) is 18.8. The minimum absolute atomic E-state index is 0.151. The summed E-state index contributed by atoms with van der Waals surface area (Å²) in [4.78, 5) is 0. The third kappa shape index (κ3) is 4.29. The van der Waals surface area contributed by atoms with E-state index in [2.05, 4.69) is 5.32 Å². The van der Waals surface area contributed by atoms with Gasteiger partial charge in [0.2, 0.25) is 0 Å². The van der Waals surface area contributed by atoms with Crippen LogP contribution in [0.3, 0.4) is 0 Å². The second-order valence-corrected chi connectivity index (χ2v) is 5.87. The van der Waals surface area contributed by atoms with Gasteiger partial charge in [-0.15, -0.1) is 0 Å². The number of hydrogen-bond donors (Lipinski definition) is 1. The second kappa shape index (κ2) is 6.02. The van der Waals surface area contributed by atoms with Gasteiger partial charge in [0.25, 0.3) is 0 Å². The van der Waals surface area contributed by atoms with Crippen molar-refractivity contribution in [1.82, 2.24) is 5.32 Å². The van der Waals surface area contributed by atoms with Crippen molar-refractivity contribution in [2.45, 2.75) is 51.3 Å². The molecule has 0 saturated heterocycles. The molecule has 2 fully saturated rings. The van der Waals surface area contributed by atoms with Crippen molar-refractivity contribution in [3.05, 3.63) is 35.1 Å². The summed E-state index contributed by atoms with van der Waals surface area (Å²) >= 11 is 0. The molecule has 0 aromatic heterocycles. The zero-order valence-electron chi connectivity index (χ0n) is 11.3. The third-order valence-electron chi connectivity index (χ3n) is 3.91. The molecule has 0 amide bonds. The van der Waals surface area contributed by atoms with E-state index in [0.29, 0.717) is 18.2 Å². The molecule has 2 aliphatic rings. The summed E-state index contributed by atoms with van der Waals surface area (Å²) in [6.07, 6.45) is 6.38. The number of benzene rings is 1. The van der Waals surface area contributed by atoms with Gasteiger partial charge in [0.15, 0.2) is 0 Å². The molecule has 2 nitrogen and oxygen atoms in total. The molecular weight excluding hydrogens is 241 g/mol. The van der Waals surface area contributed by atoms with Crippen molar-refractivity contribution in [2.24, 2.45) is 5.92 Å². The first-order chi connectivity index (χ1) is 9.31. The summed E-state index contributed by atoms with van der Waals surface area (Å²) in [5.41, 5.74) is 1.83. The molecule has 0 atom stereocenters. The fourth-order valence-corrected chi connectivity index (χ4v) is 2.24. The summed E-state index contributed by atoms with van der Waals surface area (Å²) in [5, 5.41) is 3.45. The molecule has 1 aromatic rings. The molecule has 0 aliphatic heterocycles. The van der Waals surface area contributed by atoms with E-state index in [4.69, 9.17) is 4.74 Å². The molecule has 2 aliphatic carbocycles. The third-order valence-corrected chi connectivity index (χ3v) is 3.91. The predicted molar refractivity (Wildman–Crippen MR) is 73.3 cm³/mol. The van der Waals surface area contributed by atoms with E-state index in [0.717, 1.165) is 31.1 Å². The Morgan fingerprint density at radius 2 is 2.05 bits per heavy atom. The van der Waals surface area contributed by atoms with E-state index in [9.17, 15) is 4.39 Å². The van der Waals surface area contributed by atoms with Gasteiger partial charge < -0.3 is 10.1 Å². The van der Waals surface area contributed by atoms with Crippen LogP contribution in [0.15, 0.2) is 18.2 Å². The van der Waals surface area contributed by atoms with E-state index in [1.54, 1.807) is 6.07 Å². The second-order valence-electron chi connectivity index (χ2n) is 5.87. The lowest BCUT2D eigenvalue weighted by Crippen LogP contribution is -2.15. The van der Waals surface area contributed by atoms with E-state index < -0.39 is 0 Å². The summed E-state index contributed by atoms with van der Waals surface area (Å²) in [7, 11) is 0. The molecular formula is C16H22FNO. The average molecular weight is 263 g/mol. The lowest BCUT2D eigenvalue weighted by atomic mass is 10.1. The van der Waals surface area contributed by atoms with Gasteiger partial charge >= 0.3 is 0 Å². The standard InChI is InChI=1S/C16H22FNO/c17-16-6-3-13(10-18-15-4-5-15)9-14(16)11-19-8-7-12-1-2-12/h3,6,9,12,15,18H,1-2,4-5,7-8,10-11H2. The van der Waals surface area contributed by atoms with Gasteiger partial charge in [0, 0.05) is 24.8 Å². The lowest BCUT2D eigenvalue weighted by Gasteiger charge is -2.08. The van der Waals surface area contributed by atoms with Crippen molar-refractivity contribution in [1.29, 1.82) is 0 Å². The van der Waals surface area contributed by atoms with E-state index in [-0.39, 0.29) is 5.82 Å². The van der Waals surface area contributed by atoms with Crippen LogP contribution >= 0.6 is 0 Å². The molecule has 19 heavy (non-hydrogen) atoms.